The molecule has 0 fully saturated rings. The van der Waals surface area contributed by atoms with E-state index in [-0.39, 0.29) is 5.56 Å². The van der Waals surface area contributed by atoms with Crippen molar-refractivity contribution in [3.63, 3.8) is 0 Å². The summed E-state index contributed by atoms with van der Waals surface area (Å²) in [5.41, 5.74) is 2.57. The maximum Gasteiger partial charge on any atom is 0.277 e. The molecule has 0 spiro atoms. The quantitative estimate of drug-likeness (QED) is 0.874. The number of hydrogen-bond acceptors (Lipinski definition) is 2. The van der Waals surface area contributed by atoms with Crippen LogP contribution in [0.15, 0.2) is 33.5 Å². The first-order chi connectivity index (χ1) is 8.25. The molecule has 4 nitrogen and oxygen atoms in total. The Hall–Kier alpha value is -1.33. The molecule has 0 radical (unpaired) electrons. The number of hydrogen-bond donors (Lipinski definition) is 1. The fourth-order valence-corrected chi connectivity index (χ4v) is 2.26. The number of aromatic amines is 1. The van der Waals surface area contributed by atoms with Gasteiger partial charge in [0, 0.05) is 16.6 Å². The van der Waals surface area contributed by atoms with Crippen molar-refractivity contribution in [2.45, 2.75) is 13.0 Å². The van der Waals surface area contributed by atoms with E-state index in [2.05, 4.69) is 21.0 Å². The topological polar surface area (TPSA) is 47.0 Å². The highest BCUT2D eigenvalue weighted by Gasteiger charge is 2.18. The molecule has 2 heterocycles. The maximum atomic E-state index is 12.1. The number of nitrogens with one attached hydrogen (secondary N) is 1. The number of halogens is 1. The van der Waals surface area contributed by atoms with Crippen LogP contribution in [-0.2, 0) is 17.8 Å². The molecule has 2 aromatic rings. The summed E-state index contributed by atoms with van der Waals surface area (Å²) in [5.74, 6) is 0. The number of aromatic nitrogens is 2. The van der Waals surface area contributed by atoms with E-state index >= 15 is 0 Å². The minimum Gasteiger partial charge on any atom is -0.376 e. The Morgan fingerprint density at radius 1 is 1.29 bits per heavy atom. The second kappa shape index (κ2) is 4.16. The fourth-order valence-electron chi connectivity index (χ4n) is 1.99. The van der Waals surface area contributed by atoms with Gasteiger partial charge in [0.05, 0.1) is 24.5 Å². The van der Waals surface area contributed by atoms with E-state index in [4.69, 9.17) is 4.74 Å². The number of H-pyrrole nitrogens is 1. The predicted molar refractivity (Wildman–Crippen MR) is 67.4 cm³/mol. The zero-order valence-corrected chi connectivity index (χ0v) is 10.7. The normalized spacial score (nSPS) is 14.6. The van der Waals surface area contributed by atoms with Gasteiger partial charge < -0.3 is 4.74 Å². The number of fused-ring (bicyclic) bond motifs is 1. The van der Waals surface area contributed by atoms with Gasteiger partial charge in [-0.1, -0.05) is 15.9 Å². The molecule has 0 bridgehead atoms. The molecule has 0 atom stereocenters. The van der Waals surface area contributed by atoms with Gasteiger partial charge >= 0.3 is 0 Å². The Balaban J connectivity index is 2.12. The zero-order valence-electron chi connectivity index (χ0n) is 9.07. The summed E-state index contributed by atoms with van der Waals surface area (Å²) in [6.45, 7) is 1.08. The lowest BCUT2D eigenvalue weighted by atomic mass is 10.2. The fraction of sp³-hybridized carbons (Fsp3) is 0.250. The van der Waals surface area contributed by atoms with Crippen LogP contribution in [0, 0.1) is 0 Å². The number of benzene rings is 1. The Morgan fingerprint density at radius 2 is 2.06 bits per heavy atom. The van der Waals surface area contributed by atoms with Gasteiger partial charge in [-0.2, -0.15) is 0 Å². The minimum atomic E-state index is -0.0120. The van der Waals surface area contributed by atoms with Gasteiger partial charge in [-0.25, -0.2) is 4.68 Å². The first-order valence-electron chi connectivity index (χ1n) is 5.42. The highest BCUT2D eigenvalue weighted by Crippen LogP contribution is 2.15. The predicted octanol–water partition coefficient (Wildman–Crippen LogP) is 2.00. The van der Waals surface area contributed by atoms with Crippen molar-refractivity contribution in [2.24, 2.45) is 0 Å². The lowest BCUT2D eigenvalue weighted by molar-refractivity contribution is 0.109. The van der Waals surface area contributed by atoms with E-state index in [0.717, 1.165) is 27.8 Å². The summed E-state index contributed by atoms with van der Waals surface area (Å²) in [6, 6.07) is 7.62. The van der Waals surface area contributed by atoms with Crippen LogP contribution in [-0.4, -0.2) is 16.4 Å². The van der Waals surface area contributed by atoms with Gasteiger partial charge in [0.2, 0.25) is 0 Å². The molecular weight excluding hydrogens is 284 g/mol. The summed E-state index contributed by atoms with van der Waals surface area (Å²) >= 11 is 3.38. The second-order valence-electron chi connectivity index (χ2n) is 3.99. The molecule has 1 aliphatic rings. The molecule has 0 amide bonds. The van der Waals surface area contributed by atoms with Crippen molar-refractivity contribution < 1.29 is 4.74 Å². The third kappa shape index (κ3) is 1.85. The molecule has 1 aromatic heterocycles. The molecule has 0 aliphatic carbocycles. The van der Waals surface area contributed by atoms with Crippen LogP contribution < -0.4 is 5.56 Å². The average Bonchev–Trinajstić information content (AvgIpc) is 2.69. The lowest BCUT2D eigenvalue weighted by Crippen LogP contribution is -2.19. The molecule has 1 aliphatic heterocycles. The van der Waals surface area contributed by atoms with Crippen LogP contribution in [0.4, 0.5) is 0 Å². The van der Waals surface area contributed by atoms with Crippen LogP contribution >= 0.6 is 15.9 Å². The Bertz CT molecular complexity index is 598. The Labute approximate surface area is 106 Å². The van der Waals surface area contributed by atoms with Gasteiger partial charge in [-0.3, -0.25) is 9.89 Å². The van der Waals surface area contributed by atoms with E-state index in [9.17, 15) is 4.79 Å². The first kappa shape index (κ1) is 10.8. The van der Waals surface area contributed by atoms with Crippen molar-refractivity contribution in [1.82, 2.24) is 9.78 Å². The summed E-state index contributed by atoms with van der Waals surface area (Å²) in [5, 5.41) is 3.15. The summed E-state index contributed by atoms with van der Waals surface area (Å²) in [7, 11) is 0. The summed E-state index contributed by atoms with van der Waals surface area (Å²) < 4.78 is 7.87. The summed E-state index contributed by atoms with van der Waals surface area (Å²) in [6.07, 6.45) is 0.772. The molecule has 5 heteroatoms. The minimum absolute atomic E-state index is 0.0120. The third-order valence-corrected chi connectivity index (χ3v) is 3.43. The SMILES string of the molecule is O=c1c2c([nH]n1-c1ccc(Br)cc1)CCOC2. The number of rotatable bonds is 1. The Kier molecular flexibility index (Phi) is 2.64. The Morgan fingerprint density at radius 3 is 2.76 bits per heavy atom. The maximum absolute atomic E-state index is 12.1. The van der Waals surface area contributed by atoms with E-state index in [1.807, 2.05) is 24.3 Å². The van der Waals surface area contributed by atoms with E-state index in [0.29, 0.717) is 13.2 Å². The van der Waals surface area contributed by atoms with Gasteiger partial charge in [-0.05, 0) is 24.3 Å². The standard InChI is InChI=1S/C12H11BrN2O2/c13-8-1-3-9(4-2-8)15-12(16)10-7-17-6-5-11(10)14-15/h1-4,14H,5-7H2. The molecule has 0 unspecified atom stereocenters. The van der Waals surface area contributed by atoms with Crippen molar-refractivity contribution in [2.75, 3.05) is 6.61 Å². The number of nitrogens with zero attached hydrogens (tertiary/aromatic N) is 1. The van der Waals surface area contributed by atoms with Crippen LogP contribution in [0.1, 0.15) is 11.3 Å². The highest BCUT2D eigenvalue weighted by molar-refractivity contribution is 9.10. The molecule has 1 N–H and O–H groups in total. The third-order valence-electron chi connectivity index (χ3n) is 2.90. The number of ether oxygens (including phenoxy) is 1. The van der Waals surface area contributed by atoms with Crippen LogP contribution in [0.3, 0.4) is 0 Å². The molecule has 0 saturated carbocycles. The van der Waals surface area contributed by atoms with Crippen LogP contribution in [0.5, 0.6) is 0 Å². The molecule has 17 heavy (non-hydrogen) atoms. The largest absolute Gasteiger partial charge is 0.376 e. The van der Waals surface area contributed by atoms with Crippen LogP contribution in [0.2, 0.25) is 0 Å². The molecular formula is C12H11BrN2O2. The average molecular weight is 295 g/mol. The van der Waals surface area contributed by atoms with Gasteiger partial charge in [0.1, 0.15) is 0 Å². The van der Waals surface area contributed by atoms with Crippen molar-refractivity contribution >= 4 is 15.9 Å². The lowest BCUT2D eigenvalue weighted by Gasteiger charge is -2.08. The second-order valence-corrected chi connectivity index (χ2v) is 4.90. The van der Waals surface area contributed by atoms with Crippen LogP contribution in [0.25, 0.3) is 5.69 Å². The van der Waals surface area contributed by atoms with Gasteiger partial charge in [0.25, 0.3) is 5.56 Å². The molecule has 3 rings (SSSR count). The summed E-state index contributed by atoms with van der Waals surface area (Å²) in [4.78, 5) is 12.1. The molecule has 1 aromatic carbocycles. The zero-order chi connectivity index (χ0) is 11.8. The monoisotopic (exact) mass is 294 g/mol. The van der Waals surface area contributed by atoms with Crippen molar-refractivity contribution in [1.29, 1.82) is 0 Å². The van der Waals surface area contributed by atoms with E-state index < -0.39 is 0 Å². The highest BCUT2D eigenvalue weighted by atomic mass is 79.9. The van der Waals surface area contributed by atoms with Gasteiger partial charge in [-0.15, -0.1) is 0 Å². The first-order valence-corrected chi connectivity index (χ1v) is 6.21. The van der Waals surface area contributed by atoms with E-state index in [1.54, 1.807) is 4.68 Å². The van der Waals surface area contributed by atoms with Crippen molar-refractivity contribution in [3.05, 3.63) is 50.3 Å². The smallest absolute Gasteiger partial charge is 0.277 e. The molecule has 88 valence electrons. The van der Waals surface area contributed by atoms with Gasteiger partial charge in [0.15, 0.2) is 0 Å². The molecule has 0 saturated heterocycles. The van der Waals surface area contributed by atoms with Crippen molar-refractivity contribution in [3.8, 4) is 5.69 Å². The van der Waals surface area contributed by atoms with E-state index in [1.165, 1.54) is 0 Å².